The first-order chi connectivity index (χ1) is 14.7. The number of halogens is 1. The Hall–Kier alpha value is -4.07. The predicted octanol–water partition coefficient (Wildman–Crippen LogP) is 3.31. The van der Waals surface area contributed by atoms with Crippen LogP contribution in [0, 0.1) is 5.82 Å². The van der Waals surface area contributed by atoms with Gasteiger partial charge in [-0.25, -0.2) is 19.0 Å². The molecular formula is C22H18FN5O2. The number of nitrogens with zero attached hydrogens (tertiary/aromatic N) is 4. The van der Waals surface area contributed by atoms with Gasteiger partial charge in [0.25, 0.3) is 5.91 Å². The average molecular weight is 403 g/mol. The average Bonchev–Trinajstić information content (AvgIpc) is 3.32. The number of para-hydroxylation sites is 1. The van der Waals surface area contributed by atoms with Crippen molar-refractivity contribution < 1.29 is 13.9 Å². The molecule has 0 atom stereocenters. The molecule has 150 valence electrons. The smallest absolute Gasteiger partial charge is 0.255 e. The summed E-state index contributed by atoms with van der Waals surface area (Å²) in [5, 5.41) is 6.99. The Morgan fingerprint density at radius 2 is 1.90 bits per heavy atom. The van der Waals surface area contributed by atoms with Gasteiger partial charge in [0.1, 0.15) is 30.8 Å². The molecule has 2 aromatic carbocycles. The molecule has 0 fully saturated rings. The van der Waals surface area contributed by atoms with Crippen LogP contribution >= 0.6 is 0 Å². The molecule has 0 unspecified atom stereocenters. The Kier molecular flexibility index (Phi) is 5.75. The third kappa shape index (κ3) is 4.49. The van der Waals surface area contributed by atoms with Crippen molar-refractivity contribution >= 4 is 5.91 Å². The summed E-state index contributed by atoms with van der Waals surface area (Å²) in [7, 11) is 0. The molecule has 1 amide bonds. The number of pyridine rings is 1. The number of carbonyl (C=O) groups excluding carboxylic acids is 1. The summed E-state index contributed by atoms with van der Waals surface area (Å²) in [4.78, 5) is 21.0. The molecular weight excluding hydrogens is 385 g/mol. The van der Waals surface area contributed by atoms with Crippen LogP contribution in [-0.4, -0.2) is 25.7 Å². The van der Waals surface area contributed by atoms with Crippen molar-refractivity contribution in [2.45, 2.75) is 13.2 Å². The van der Waals surface area contributed by atoms with Gasteiger partial charge in [-0.05, 0) is 35.9 Å². The number of carbonyl (C=O) groups is 1. The molecule has 0 saturated heterocycles. The van der Waals surface area contributed by atoms with Gasteiger partial charge in [-0.15, -0.1) is 0 Å². The topological polar surface area (TPSA) is 81.9 Å². The predicted molar refractivity (Wildman–Crippen MR) is 107 cm³/mol. The van der Waals surface area contributed by atoms with Gasteiger partial charge in [0, 0.05) is 18.3 Å². The maximum absolute atomic E-state index is 13.1. The fourth-order valence-corrected chi connectivity index (χ4v) is 2.88. The Balaban J connectivity index is 1.45. The van der Waals surface area contributed by atoms with Crippen molar-refractivity contribution in [2.24, 2.45) is 0 Å². The van der Waals surface area contributed by atoms with E-state index in [1.807, 2.05) is 6.07 Å². The Bertz CT molecular complexity index is 1130. The molecule has 1 N–H and O–H groups in total. The second-order valence-corrected chi connectivity index (χ2v) is 6.42. The summed E-state index contributed by atoms with van der Waals surface area (Å²) in [5.74, 6) is 0.454. The highest BCUT2D eigenvalue weighted by atomic mass is 19.1. The molecule has 0 spiro atoms. The fraction of sp³-hybridized carbons (Fsp3) is 0.0909. The monoisotopic (exact) mass is 403 g/mol. The zero-order chi connectivity index (χ0) is 20.8. The minimum Gasteiger partial charge on any atom is -0.488 e. The van der Waals surface area contributed by atoms with Crippen LogP contribution in [0.5, 0.6) is 5.75 Å². The highest BCUT2D eigenvalue weighted by Gasteiger charge is 2.14. The van der Waals surface area contributed by atoms with Crippen molar-refractivity contribution in [3.05, 3.63) is 102 Å². The van der Waals surface area contributed by atoms with E-state index >= 15 is 0 Å². The van der Waals surface area contributed by atoms with Gasteiger partial charge < -0.3 is 10.1 Å². The van der Waals surface area contributed by atoms with E-state index in [1.165, 1.54) is 18.5 Å². The lowest BCUT2D eigenvalue weighted by Gasteiger charge is -2.13. The summed E-state index contributed by atoms with van der Waals surface area (Å²) in [5.41, 5.74) is 2.01. The summed E-state index contributed by atoms with van der Waals surface area (Å²) in [6.45, 7) is 0.484. The van der Waals surface area contributed by atoms with Crippen LogP contribution in [-0.2, 0) is 13.2 Å². The summed E-state index contributed by atoms with van der Waals surface area (Å²) in [6.07, 6.45) is 4.62. The van der Waals surface area contributed by atoms with Crippen LogP contribution in [0.1, 0.15) is 21.5 Å². The lowest BCUT2D eigenvalue weighted by Crippen LogP contribution is -2.24. The maximum atomic E-state index is 13.1. The van der Waals surface area contributed by atoms with Gasteiger partial charge in [0.2, 0.25) is 0 Å². The van der Waals surface area contributed by atoms with Gasteiger partial charge >= 0.3 is 0 Å². The fourth-order valence-electron chi connectivity index (χ4n) is 2.88. The van der Waals surface area contributed by atoms with Crippen molar-refractivity contribution in [2.75, 3.05) is 0 Å². The molecule has 4 aromatic rings. The van der Waals surface area contributed by atoms with E-state index in [0.29, 0.717) is 17.1 Å². The maximum Gasteiger partial charge on any atom is 0.255 e. The van der Waals surface area contributed by atoms with E-state index in [1.54, 1.807) is 59.7 Å². The van der Waals surface area contributed by atoms with Gasteiger partial charge in [-0.2, -0.15) is 5.10 Å². The highest BCUT2D eigenvalue weighted by Crippen LogP contribution is 2.20. The van der Waals surface area contributed by atoms with Crippen LogP contribution in [0.4, 0.5) is 4.39 Å². The second kappa shape index (κ2) is 8.95. The standard InChI is InChI=1S/C22H18FN5O2/c23-18-9-7-16(8-10-18)13-30-20-6-2-1-5-19(20)22(29)26-12-17-4-3-11-25-21(17)28-15-24-14-27-28/h1-11,14-15H,12-13H2,(H,26,29). The second-order valence-electron chi connectivity index (χ2n) is 6.42. The molecule has 4 rings (SSSR count). The first kappa shape index (κ1) is 19.3. The lowest BCUT2D eigenvalue weighted by atomic mass is 10.1. The number of hydrogen-bond acceptors (Lipinski definition) is 5. The zero-order valence-corrected chi connectivity index (χ0v) is 15.9. The van der Waals surface area contributed by atoms with Crippen LogP contribution in [0.3, 0.4) is 0 Å². The molecule has 2 aromatic heterocycles. The highest BCUT2D eigenvalue weighted by molar-refractivity contribution is 5.96. The Labute approximate surface area is 172 Å². The number of benzene rings is 2. The van der Waals surface area contributed by atoms with Gasteiger partial charge in [0.05, 0.1) is 5.56 Å². The third-order valence-electron chi connectivity index (χ3n) is 4.38. The number of amides is 1. The number of hydrogen-bond donors (Lipinski definition) is 1. The largest absolute Gasteiger partial charge is 0.488 e. The lowest BCUT2D eigenvalue weighted by molar-refractivity contribution is 0.0946. The first-order valence-corrected chi connectivity index (χ1v) is 9.24. The third-order valence-corrected chi connectivity index (χ3v) is 4.38. The molecule has 0 aliphatic rings. The minimum atomic E-state index is -0.306. The van der Waals surface area contributed by atoms with E-state index < -0.39 is 0 Å². The molecule has 0 aliphatic heterocycles. The molecule has 0 radical (unpaired) electrons. The van der Waals surface area contributed by atoms with Crippen molar-refractivity contribution in [3.63, 3.8) is 0 Å². The van der Waals surface area contributed by atoms with Crippen molar-refractivity contribution in [3.8, 4) is 11.6 Å². The van der Waals surface area contributed by atoms with E-state index in [2.05, 4.69) is 20.4 Å². The van der Waals surface area contributed by atoms with E-state index in [-0.39, 0.29) is 24.9 Å². The zero-order valence-electron chi connectivity index (χ0n) is 15.9. The van der Waals surface area contributed by atoms with Crippen LogP contribution in [0.2, 0.25) is 0 Å². The minimum absolute atomic E-state index is 0.226. The Morgan fingerprint density at radius 3 is 2.70 bits per heavy atom. The molecule has 30 heavy (non-hydrogen) atoms. The number of aromatic nitrogens is 4. The van der Waals surface area contributed by atoms with Crippen LogP contribution in [0.15, 0.2) is 79.5 Å². The molecule has 2 heterocycles. The number of ether oxygens (including phenoxy) is 1. The first-order valence-electron chi connectivity index (χ1n) is 9.24. The summed E-state index contributed by atoms with van der Waals surface area (Å²) >= 11 is 0. The number of nitrogens with one attached hydrogen (secondary N) is 1. The Morgan fingerprint density at radius 1 is 1.07 bits per heavy atom. The van der Waals surface area contributed by atoms with E-state index in [9.17, 15) is 9.18 Å². The molecule has 8 heteroatoms. The van der Waals surface area contributed by atoms with Crippen molar-refractivity contribution in [1.82, 2.24) is 25.1 Å². The van der Waals surface area contributed by atoms with Gasteiger partial charge in [-0.1, -0.05) is 30.3 Å². The number of rotatable bonds is 7. The normalized spacial score (nSPS) is 10.6. The van der Waals surface area contributed by atoms with Crippen LogP contribution in [0.25, 0.3) is 5.82 Å². The van der Waals surface area contributed by atoms with E-state index in [4.69, 9.17) is 4.74 Å². The van der Waals surface area contributed by atoms with E-state index in [0.717, 1.165) is 11.1 Å². The molecule has 7 nitrogen and oxygen atoms in total. The molecule has 0 bridgehead atoms. The SMILES string of the molecule is O=C(NCc1cccnc1-n1cncn1)c1ccccc1OCc1ccc(F)cc1. The quantitative estimate of drug-likeness (QED) is 0.512. The molecule has 0 saturated carbocycles. The summed E-state index contributed by atoms with van der Waals surface area (Å²) < 4.78 is 20.4. The van der Waals surface area contributed by atoms with Crippen molar-refractivity contribution in [1.29, 1.82) is 0 Å². The summed E-state index contributed by atoms with van der Waals surface area (Å²) in [6, 6.07) is 16.7. The van der Waals surface area contributed by atoms with Gasteiger partial charge in [-0.3, -0.25) is 4.79 Å². The molecule has 0 aliphatic carbocycles. The van der Waals surface area contributed by atoms with Gasteiger partial charge in [0.15, 0.2) is 5.82 Å². The van der Waals surface area contributed by atoms with Crippen LogP contribution < -0.4 is 10.1 Å².